The Morgan fingerprint density at radius 1 is 1.22 bits per heavy atom. The van der Waals surface area contributed by atoms with Crippen LogP contribution in [0.5, 0.6) is 0 Å². The fourth-order valence-corrected chi connectivity index (χ4v) is 3.10. The van der Waals surface area contributed by atoms with E-state index >= 15 is 0 Å². The summed E-state index contributed by atoms with van der Waals surface area (Å²) in [6.45, 7) is 5.58. The van der Waals surface area contributed by atoms with E-state index in [9.17, 15) is 4.79 Å². The summed E-state index contributed by atoms with van der Waals surface area (Å²) in [6.07, 6.45) is 3.51. The van der Waals surface area contributed by atoms with Crippen molar-refractivity contribution >= 4 is 35.0 Å². The SMILES string of the molecule is CC(C)(C)OC(=O)NC1CCCC(Nc2cc(Cl)ccc2Cl)C1. The molecule has 1 fully saturated rings. The van der Waals surface area contributed by atoms with Crippen LogP contribution in [0, 0.1) is 0 Å². The van der Waals surface area contributed by atoms with Crippen molar-refractivity contribution in [1.29, 1.82) is 0 Å². The number of benzene rings is 1. The molecule has 0 aliphatic heterocycles. The molecule has 0 radical (unpaired) electrons. The molecule has 2 atom stereocenters. The third-order valence-corrected chi connectivity index (χ3v) is 4.25. The zero-order chi connectivity index (χ0) is 17.0. The number of hydrogen-bond donors (Lipinski definition) is 2. The van der Waals surface area contributed by atoms with Gasteiger partial charge in [-0.3, -0.25) is 0 Å². The Bertz CT molecular complexity index is 558. The van der Waals surface area contributed by atoms with Crippen molar-refractivity contribution in [3.8, 4) is 0 Å². The average Bonchev–Trinajstić information content (AvgIpc) is 2.41. The van der Waals surface area contributed by atoms with Gasteiger partial charge in [0.1, 0.15) is 5.60 Å². The molecule has 1 aromatic carbocycles. The quantitative estimate of drug-likeness (QED) is 0.776. The van der Waals surface area contributed by atoms with Crippen LogP contribution in [0.25, 0.3) is 0 Å². The van der Waals surface area contributed by atoms with Crippen molar-refractivity contribution in [1.82, 2.24) is 5.32 Å². The zero-order valence-electron chi connectivity index (χ0n) is 13.8. The molecule has 128 valence electrons. The van der Waals surface area contributed by atoms with Crippen LogP contribution in [0.15, 0.2) is 18.2 Å². The molecule has 1 saturated carbocycles. The van der Waals surface area contributed by atoms with Crippen molar-refractivity contribution in [2.45, 2.75) is 64.1 Å². The van der Waals surface area contributed by atoms with Gasteiger partial charge < -0.3 is 15.4 Å². The molecule has 6 heteroatoms. The van der Waals surface area contributed by atoms with Crippen LogP contribution in [0.4, 0.5) is 10.5 Å². The first kappa shape index (κ1) is 18.2. The molecule has 4 nitrogen and oxygen atoms in total. The largest absolute Gasteiger partial charge is 0.444 e. The maximum Gasteiger partial charge on any atom is 0.407 e. The Labute approximate surface area is 147 Å². The second-order valence-electron chi connectivity index (χ2n) is 6.98. The predicted molar refractivity (Wildman–Crippen MR) is 95.5 cm³/mol. The lowest BCUT2D eigenvalue weighted by Gasteiger charge is -2.32. The van der Waals surface area contributed by atoms with Crippen LogP contribution >= 0.6 is 23.2 Å². The van der Waals surface area contributed by atoms with Crippen LogP contribution in [0.3, 0.4) is 0 Å². The third-order valence-electron chi connectivity index (χ3n) is 3.68. The number of alkyl carbamates (subject to hydrolysis) is 1. The van der Waals surface area contributed by atoms with E-state index in [1.165, 1.54) is 0 Å². The Morgan fingerprint density at radius 2 is 1.91 bits per heavy atom. The van der Waals surface area contributed by atoms with Crippen molar-refractivity contribution in [3.05, 3.63) is 28.2 Å². The summed E-state index contributed by atoms with van der Waals surface area (Å²) in [5.41, 5.74) is 0.354. The average molecular weight is 359 g/mol. The minimum Gasteiger partial charge on any atom is -0.444 e. The van der Waals surface area contributed by atoms with Gasteiger partial charge in [-0.1, -0.05) is 23.2 Å². The minimum atomic E-state index is -0.481. The summed E-state index contributed by atoms with van der Waals surface area (Å²) < 4.78 is 5.32. The number of carbonyl (C=O) groups excluding carboxylic acids is 1. The van der Waals surface area contributed by atoms with Crippen LogP contribution < -0.4 is 10.6 Å². The standard InChI is InChI=1S/C17H24Cl2N2O2/c1-17(2,3)23-16(22)21-13-6-4-5-12(10-13)20-15-9-11(18)7-8-14(15)19/h7-9,12-13,20H,4-6,10H2,1-3H3,(H,21,22). The molecule has 0 aromatic heterocycles. The molecule has 1 aliphatic carbocycles. The first-order chi connectivity index (χ1) is 10.7. The van der Waals surface area contributed by atoms with Gasteiger partial charge in [0.25, 0.3) is 0 Å². The van der Waals surface area contributed by atoms with Crippen molar-refractivity contribution in [2.24, 2.45) is 0 Å². The van der Waals surface area contributed by atoms with Crippen LogP contribution in [-0.4, -0.2) is 23.8 Å². The first-order valence-electron chi connectivity index (χ1n) is 7.94. The van der Waals surface area contributed by atoms with Gasteiger partial charge in [0.05, 0.1) is 10.7 Å². The third kappa shape index (κ3) is 6.11. The lowest BCUT2D eigenvalue weighted by atomic mass is 9.91. The number of halogens is 2. The Balaban J connectivity index is 1.90. The molecule has 2 unspecified atom stereocenters. The highest BCUT2D eigenvalue weighted by atomic mass is 35.5. The van der Waals surface area contributed by atoms with E-state index in [4.69, 9.17) is 27.9 Å². The van der Waals surface area contributed by atoms with E-state index < -0.39 is 5.60 Å². The molecule has 0 heterocycles. The molecule has 2 rings (SSSR count). The topological polar surface area (TPSA) is 50.4 Å². The Hall–Kier alpha value is -1.13. The first-order valence-corrected chi connectivity index (χ1v) is 8.69. The highest BCUT2D eigenvalue weighted by Crippen LogP contribution is 2.29. The number of ether oxygens (including phenoxy) is 1. The molecule has 1 amide bonds. The number of amides is 1. The summed E-state index contributed by atoms with van der Waals surface area (Å²) >= 11 is 12.2. The highest BCUT2D eigenvalue weighted by molar-refractivity contribution is 6.35. The monoisotopic (exact) mass is 358 g/mol. The van der Waals surface area contributed by atoms with Crippen LogP contribution in [0.2, 0.25) is 10.0 Å². The number of anilines is 1. The molecule has 1 aliphatic rings. The van der Waals surface area contributed by atoms with E-state index in [0.717, 1.165) is 31.4 Å². The molecule has 2 N–H and O–H groups in total. The molecule has 0 bridgehead atoms. The van der Waals surface area contributed by atoms with E-state index in [-0.39, 0.29) is 18.2 Å². The van der Waals surface area contributed by atoms with Crippen molar-refractivity contribution < 1.29 is 9.53 Å². The predicted octanol–water partition coefficient (Wildman–Crippen LogP) is 5.24. The second kappa shape index (κ2) is 7.63. The van der Waals surface area contributed by atoms with Gasteiger partial charge in [-0.05, 0) is 64.7 Å². The molecular weight excluding hydrogens is 335 g/mol. The van der Waals surface area contributed by atoms with Crippen molar-refractivity contribution in [3.63, 3.8) is 0 Å². The number of rotatable bonds is 3. The van der Waals surface area contributed by atoms with E-state index in [0.29, 0.717) is 10.0 Å². The number of carbonyl (C=O) groups is 1. The van der Waals surface area contributed by atoms with Gasteiger partial charge >= 0.3 is 6.09 Å². The van der Waals surface area contributed by atoms with Gasteiger partial charge in [0, 0.05) is 17.1 Å². The fourth-order valence-electron chi connectivity index (χ4n) is 2.75. The van der Waals surface area contributed by atoms with Crippen LogP contribution in [0.1, 0.15) is 46.5 Å². The van der Waals surface area contributed by atoms with Gasteiger partial charge in [0.2, 0.25) is 0 Å². The zero-order valence-corrected chi connectivity index (χ0v) is 15.3. The van der Waals surface area contributed by atoms with Crippen molar-refractivity contribution in [2.75, 3.05) is 5.32 Å². The fraction of sp³-hybridized carbons (Fsp3) is 0.588. The lowest BCUT2D eigenvalue weighted by Crippen LogP contribution is -2.43. The molecule has 23 heavy (non-hydrogen) atoms. The normalized spacial score (nSPS) is 21.6. The minimum absolute atomic E-state index is 0.106. The van der Waals surface area contributed by atoms with Crippen LogP contribution in [-0.2, 0) is 4.74 Å². The van der Waals surface area contributed by atoms with E-state index in [1.54, 1.807) is 12.1 Å². The number of nitrogens with one attached hydrogen (secondary N) is 2. The number of hydrogen-bond acceptors (Lipinski definition) is 3. The maximum absolute atomic E-state index is 11.9. The summed E-state index contributed by atoms with van der Waals surface area (Å²) in [5, 5.41) is 7.69. The molecule has 0 spiro atoms. The molecular formula is C17H24Cl2N2O2. The summed E-state index contributed by atoms with van der Waals surface area (Å²) in [6, 6.07) is 5.73. The highest BCUT2D eigenvalue weighted by Gasteiger charge is 2.25. The smallest absolute Gasteiger partial charge is 0.407 e. The second-order valence-corrected chi connectivity index (χ2v) is 7.82. The summed E-state index contributed by atoms with van der Waals surface area (Å²) in [4.78, 5) is 11.9. The van der Waals surface area contributed by atoms with Gasteiger partial charge in [-0.15, -0.1) is 0 Å². The Morgan fingerprint density at radius 3 is 2.61 bits per heavy atom. The van der Waals surface area contributed by atoms with Gasteiger partial charge in [0.15, 0.2) is 0 Å². The molecule has 1 aromatic rings. The van der Waals surface area contributed by atoms with Gasteiger partial charge in [-0.25, -0.2) is 4.79 Å². The summed E-state index contributed by atoms with van der Waals surface area (Å²) in [7, 11) is 0. The lowest BCUT2D eigenvalue weighted by molar-refractivity contribution is 0.0492. The van der Waals surface area contributed by atoms with E-state index in [2.05, 4.69) is 10.6 Å². The maximum atomic E-state index is 11.9. The summed E-state index contributed by atoms with van der Waals surface area (Å²) in [5.74, 6) is 0. The Kier molecular flexibility index (Phi) is 6.04. The van der Waals surface area contributed by atoms with E-state index in [1.807, 2.05) is 26.8 Å². The van der Waals surface area contributed by atoms with Gasteiger partial charge in [-0.2, -0.15) is 0 Å². The molecule has 0 saturated heterocycles.